The summed E-state index contributed by atoms with van der Waals surface area (Å²) < 4.78 is 15.0. The zero-order chi connectivity index (χ0) is 13.4. The van der Waals surface area contributed by atoms with Gasteiger partial charge in [0, 0.05) is 12.5 Å². The summed E-state index contributed by atoms with van der Waals surface area (Å²) >= 11 is 5.82. The molecule has 1 aliphatic carbocycles. The quantitative estimate of drug-likeness (QED) is 0.940. The lowest BCUT2D eigenvalue weighted by molar-refractivity contribution is 0.401. The number of nitrogens with zero attached hydrogens (tertiary/aromatic N) is 3. The van der Waals surface area contributed by atoms with Crippen LogP contribution in [0.1, 0.15) is 36.6 Å². The van der Waals surface area contributed by atoms with E-state index in [1.807, 2.05) is 0 Å². The largest absolute Gasteiger partial charge is 0.325 e. The third-order valence-electron chi connectivity index (χ3n) is 3.61. The molecule has 6 heteroatoms. The Balaban J connectivity index is 2.08. The Kier molecular flexibility index (Phi) is 3.24. The number of nitrogens with two attached hydrogens (primary N) is 1. The van der Waals surface area contributed by atoms with Gasteiger partial charge in [-0.3, -0.25) is 0 Å². The van der Waals surface area contributed by atoms with Gasteiger partial charge in [-0.25, -0.2) is 9.07 Å². The molecule has 1 aromatic heterocycles. The van der Waals surface area contributed by atoms with Crippen molar-refractivity contribution in [3.63, 3.8) is 0 Å². The van der Waals surface area contributed by atoms with Crippen LogP contribution in [0.3, 0.4) is 0 Å². The van der Waals surface area contributed by atoms with Gasteiger partial charge in [-0.15, -0.1) is 5.10 Å². The number of halogens is 2. The predicted octanol–water partition coefficient (Wildman–Crippen LogP) is 2.79. The van der Waals surface area contributed by atoms with E-state index in [2.05, 4.69) is 10.3 Å². The van der Waals surface area contributed by atoms with E-state index < -0.39 is 5.82 Å². The van der Waals surface area contributed by atoms with Gasteiger partial charge in [-0.05, 0) is 31.0 Å². The monoisotopic (exact) mass is 280 g/mol. The first-order valence-corrected chi connectivity index (χ1v) is 6.68. The van der Waals surface area contributed by atoms with Crippen molar-refractivity contribution in [3.8, 4) is 5.69 Å². The van der Waals surface area contributed by atoms with Gasteiger partial charge in [0.2, 0.25) is 0 Å². The van der Waals surface area contributed by atoms with Crippen LogP contribution in [-0.4, -0.2) is 15.0 Å². The molecule has 100 valence electrons. The number of benzene rings is 1. The van der Waals surface area contributed by atoms with Gasteiger partial charge >= 0.3 is 0 Å². The standard InChI is InChI=1S/C13H14ClFN4/c14-10-6-9(4-5-11(10)15)19-13(8-2-1-3-8)12(7-16)17-18-19/h4-6,8H,1-3,7,16H2. The lowest BCUT2D eigenvalue weighted by Crippen LogP contribution is -2.17. The minimum atomic E-state index is -0.435. The van der Waals surface area contributed by atoms with Gasteiger partial charge in [0.1, 0.15) is 11.5 Å². The molecule has 0 bridgehead atoms. The van der Waals surface area contributed by atoms with Gasteiger partial charge in [0.25, 0.3) is 0 Å². The fraction of sp³-hybridized carbons (Fsp3) is 0.385. The van der Waals surface area contributed by atoms with E-state index >= 15 is 0 Å². The molecule has 0 unspecified atom stereocenters. The molecule has 2 aromatic rings. The second-order valence-electron chi connectivity index (χ2n) is 4.76. The van der Waals surface area contributed by atoms with Crippen LogP contribution in [0.5, 0.6) is 0 Å². The highest BCUT2D eigenvalue weighted by atomic mass is 35.5. The summed E-state index contributed by atoms with van der Waals surface area (Å²) in [4.78, 5) is 0. The van der Waals surface area contributed by atoms with Crippen LogP contribution in [0.4, 0.5) is 4.39 Å². The van der Waals surface area contributed by atoms with Crippen molar-refractivity contribution in [3.05, 3.63) is 40.4 Å². The van der Waals surface area contributed by atoms with E-state index in [0.29, 0.717) is 12.5 Å². The van der Waals surface area contributed by atoms with E-state index in [9.17, 15) is 4.39 Å². The molecule has 2 N–H and O–H groups in total. The van der Waals surface area contributed by atoms with Crippen LogP contribution in [0, 0.1) is 5.82 Å². The number of hydrogen-bond donors (Lipinski definition) is 1. The maximum Gasteiger partial charge on any atom is 0.141 e. The van der Waals surface area contributed by atoms with Gasteiger partial charge in [0.05, 0.1) is 16.4 Å². The van der Waals surface area contributed by atoms with Gasteiger partial charge in [-0.1, -0.05) is 23.2 Å². The highest BCUT2D eigenvalue weighted by Gasteiger charge is 2.27. The van der Waals surface area contributed by atoms with Crippen LogP contribution in [0.2, 0.25) is 5.02 Å². The molecule has 1 heterocycles. The van der Waals surface area contributed by atoms with Crippen molar-refractivity contribution in [2.45, 2.75) is 31.7 Å². The third kappa shape index (κ3) is 2.13. The summed E-state index contributed by atoms with van der Waals surface area (Å²) in [6.07, 6.45) is 3.45. The molecule has 0 atom stereocenters. The smallest absolute Gasteiger partial charge is 0.141 e. The lowest BCUT2D eigenvalue weighted by atomic mass is 9.82. The van der Waals surface area contributed by atoms with Crippen LogP contribution < -0.4 is 5.73 Å². The molecule has 19 heavy (non-hydrogen) atoms. The van der Waals surface area contributed by atoms with E-state index in [1.165, 1.54) is 12.5 Å². The molecule has 1 fully saturated rings. The van der Waals surface area contributed by atoms with Crippen molar-refractivity contribution in [1.29, 1.82) is 0 Å². The minimum Gasteiger partial charge on any atom is -0.325 e. The summed E-state index contributed by atoms with van der Waals surface area (Å²) in [5, 5.41) is 8.34. The van der Waals surface area contributed by atoms with Crippen LogP contribution in [-0.2, 0) is 6.54 Å². The molecule has 0 amide bonds. The molecular formula is C13H14ClFN4. The first kappa shape index (κ1) is 12.6. The third-order valence-corrected chi connectivity index (χ3v) is 3.90. The molecule has 0 saturated heterocycles. The Bertz CT molecular complexity index is 607. The number of hydrogen-bond acceptors (Lipinski definition) is 3. The fourth-order valence-corrected chi connectivity index (χ4v) is 2.54. The number of aromatic nitrogens is 3. The van der Waals surface area contributed by atoms with Crippen molar-refractivity contribution >= 4 is 11.6 Å². The van der Waals surface area contributed by atoms with Crippen LogP contribution in [0.15, 0.2) is 18.2 Å². The van der Waals surface area contributed by atoms with Gasteiger partial charge < -0.3 is 5.73 Å². The summed E-state index contributed by atoms with van der Waals surface area (Å²) in [5.74, 6) is 0.00662. The molecule has 1 aliphatic rings. The average molecular weight is 281 g/mol. The minimum absolute atomic E-state index is 0.0851. The Morgan fingerprint density at radius 3 is 2.79 bits per heavy atom. The SMILES string of the molecule is NCc1nnn(-c2ccc(F)c(Cl)c2)c1C1CCC1. The topological polar surface area (TPSA) is 56.7 Å². The number of rotatable bonds is 3. The van der Waals surface area contributed by atoms with E-state index in [0.717, 1.165) is 29.9 Å². The molecule has 0 radical (unpaired) electrons. The molecule has 3 rings (SSSR count). The first-order chi connectivity index (χ1) is 9.20. The van der Waals surface area contributed by atoms with Crippen molar-refractivity contribution in [1.82, 2.24) is 15.0 Å². The second kappa shape index (κ2) is 4.90. The Hall–Kier alpha value is -1.46. The zero-order valence-electron chi connectivity index (χ0n) is 10.3. The van der Waals surface area contributed by atoms with Crippen LogP contribution >= 0.6 is 11.6 Å². The zero-order valence-corrected chi connectivity index (χ0v) is 11.1. The predicted molar refractivity (Wildman–Crippen MR) is 70.8 cm³/mol. The van der Waals surface area contributed by atoms with Crippen molar-refractivity contribution in [2.75, 3.05) is 0 Å². The maximum atomic E-state index is 13.2. The van der Waals surface area contributed by atoms with Crippen molar-refractivity contribution < 1.29 is 4.39 Å². The van der Waals surface area contributed by atoms with E-state index in [4.69, 9.17) is 17.3 Å². The molecular weight excluding hydrogens is 267 g/mol. The maximum absolute atomic E-state index is 13.2. The summed E-state index contributed by atoms with van der Waals surface area (Å²) in [7, 11) is 0. The summed E-state index contributed by atoms with van der Waals surface area (Å²) in [5.41, 5.74) is 8.28. The Labute approximate surface area is 115 Å². The van der Waals surface area contributed by atoms with E-state index in [1.54, 1.807) is 16.8 Å². The second-order valence-corrected chi connectivity index (χ2v) is 5.17. The molecule has 4 nitrogen and oxygen atoms in total. The average Bonchev–Trinajstić information content (AvgIpc) is 2.74. The summed E-state index contributed by atoms with van der Waals surface area (Å²) in [6.45, 7) is 0.362. The first-order valence-electron chi connectivity index (χ1n) is 6.30. The normalized spacial score (nSPS) is 15.5. The van der Waals surface area contributed by atoms with Crippen molar-refractivity contribution in [2.24, 2.45) is 5.73 Å². The van der Waals surface area contributed by atoms with Crippen LogP contribution in [0.25, 0.3) is 5.69 Å². The highest BCUT2D eigenvalue weighted by molar-refractivity contribution is 6.30. The summed E-state index contributed by atoms with van der Waals surface area (Å²) in [6, 6.07) is 4.55. The highest BCUT2D eigenvalue weighted by Crippen LogP contribution is 2.38. The van der Waals surface area contributed by atoms with Gasteiger partial charge in [0.15, 0.2) is 0 Å². The van der Waals surface area contributed by atoms with Gasteiger partial charge in [-0.2, -0.15) is 0 Å². The fourth-order valence-electron chi connectivity index (χ4n) is 2.36. The Morgan fingerprint density at radius 2 is 2.21 bits per heavy atom. The molecule has 1 aromatic carbocycles. The van der Waals surface area contributed by atoms with E-state index in [-0.39, 0.29) is 5.02 Å². The lowest BCUT2D eigenvalue weighted by Gasteiger charge is -2.26. The Morgan fingerprint density at radius 1 is 1.42 bits per heavy atom. The molecule has 0 aliphatic heterocycles. The molecule has 1 saturated carbocycles. The molecule has 0 spiro atoms.